The second kappa shape index (κ2) is 12.0. The highest BCUT2D eigenvalue weighted by atomic mass is 16.8. The summed E-state index contributed by atoms with van der Waals surface area (Å²) in [4.78, 5) is 76.9. The SMILES string of the molecule is CC(=O)OC[C@H]1O[C@@H](O[C@]23C(=O)O[C@H]([C@@H]4O[C@@H]42)[C@H]2[C@]4(C)C[C@@H](c5ccoc5)OC(=O)[C@@H]4CC[C@]23C)[C@H](OC(C)=O)[C@@H](OC(C)=O)[C@@H]1OC(C)=O. The Morgan fingerprint density at radius 3 is 2.18 bits per heavy atom. The summed E-state index contributed by atoms with van der Waals surface area (Å²) < 4.78 is 58.5. The summed E-state index contributed by atoms with van der Waals surface area (Å²) in [6.07, 6.45) is -5.97. The third-order valence-electron chi connectivity index (χ3n) is 11.5. The van der Waals surface area contributed by atoms with Crippen LogP contribution in [-0.4, -0.2) is 97.0 Å². The van der Waals surface area contributed by atoms with Crippen LogP contribution >= 0.6 is 0 Å². The molecule has 16 nitrogen and oxygen atoms in total. The lowest BCUT2D eigenvalue weighted by atomic mass is 9.41. The van der Waals surface area contributed by atoms with Crippen molar-refractivity contribution in [2.24, 2.45) is 22.7 Å². The van der Waals surface area contributed by atoms with Crippen LogP contribution in [0.25, 0.3) is 0 Å². The van der Waals surface area contributed by atoms with Gasteiger partial charge in [-0.1, -0.05) is 13.8 Å². The van der Waals surface area contributed by atoms with Crippen LogP contribution in [0.4, 0.5) is 0 Å². The van der Waals surface area contributed by atoms with Gasteiger partial charge in [0, 0.05) is 44.6 Å². The van der Waals surface area contributed by atoms with Crippen molar-refractivity contribution in [1.82, 2.24) is 0 Å². The van der Waals surface area contributed by atoms with Crippen LogP contribution in [0.1, 0.15) is 72.5 Å². The fraction of sp³-hybridized carbons (Fsp3) is 0.706. The van der Waals surface area contributed by atoms with E-state index in [1.54, 1.807) is 6.07 Å². The fourth-order valence-electron chi connectivity index (χ4n) is 9.62. The molecule has 7 fully saturated rings. The highest BCUT2D eigenvalue weighted by Gasteiger charge is 2.86. The number of ether oxygens (including phenoxy) is 9. The van der Waals surface area contributed by atoms with Gasteiger partial charge in [-0.15, -0.1) is 0 Å². The molecule has 0 unspecified atom stereocenters. The van der Waals surface area contributed by atoms with E-state index in [1.807, 2.05) is 13.8 Å². The van der Waals surface area contributed by atoms with E-state index in [1.165, 1.54) is 19.5 Å². The van der Waals surface area contributed by atoms with E-state index in [0.717, 1.165) is 20.8 Å². The molecule has 0 spiro atoms. The Balaban J connectivity index is 1.30. The molecular formula is C34H40O16. The minimum absolute atomic E-state index is 0.326. The molecule has 1 aromatic heterocycles. The highest BCUT2D eigenvalue weighted by molar-refractivity contribution is 5.86. The lowest BCUT2D eigenvalue weighted by Crippen LogP contribution is -2.79. The molecule has 0 aromatic carbocycles. The van der Waals surface area contributed by atoms with E-state index in [0.29, 0.717) is 24.8 Å². The van der Waals surface area contributed by atoms with Crippen LogP contribution in [0.5, 0.6) is 0 Å². The summed E-state index contributed by atoms with van der Waals surface area (Å²) in [6.45, 7) is 7.94. The Hall–Kier alpha value is -4.02. The second-order valence-electron chi connectivity index (χ2n) is 14.5. The topological polar surface area (TPSA) is 202 Å². The van der Waals surface area contributed by atoms with Gasteiger partial charge in [0.15, 0.2) is 18.3 Å². The van der Waals surface area contributed by atoms with Gasteiger partial charge in [-0.2, -0.15) is 0 Å². The number of esters is 6. The number of cyclic esters (lactones) is 1. The Labute approximate surface area is 286 Å². The van der Waals surface area contributed by atoms with Crippen molar-refractivity contribution >= 4 is 35.8 Å². The molecule has 2 bridgehead atoms. The van der Waals surface area contributed by atoms with Gasteiger partial charge in [-0.25, -0.2) is 4.79 Å². The van der Waals surface area contributed by atoms with Gasteiger partial charge in [0.2, 0.25) is 11.9 Å². The van der Waals surface area contributed by atoms with E-state index in [-0.39, 0.29) is 5.97 Å². The molecule has 5 saturated heterocycles. The maximum atomic E-state index is 14.3. The zero-order chi connectivity index (χ0) is 35.9. The molecule has 0 amide bonds. The molecule has 8 rings (SSSR count). The minimum Gasteiger partial charge on any atom is -0.472 e. The van der Waals surface area contributed by atoms with Crippen LogP contribution < -0.4 is 0 Å². The third kappa shape index (κ3) is 5.20. The van der Waals surface area contributed by atoms with Gasteiger partial charge in [0.25, 0.3) is 0 Å². The molecule has 14 atom stereocenters. The van der Waals surface area contributed by atoms with Crippen LogP contribution in [0, 0.1) is 22.7 Å². The van der Waals surface area contributed by atoms with E-state index < -0.39 is 120 Å². The molecule has 16 heteroatoms. The first-order valence-electron chi connectivity index (χ1n) is 16.7. The van der Waals surface area contributed by atoms with E-state index in [4.69, 9.17) is 47.0 Å². The average Bonchev–Trinajstić information content (AvgIpc) is 3.65. The van der Waals surface area contributed by atoms with Crippen molar-refractivity contribution in [2.45, 2.75) is 122 Å². The Kier molecular flexibility index (Phi) is 8.30. The molecule has 7 aliphatic rings. The highest BCUT2D eigenvalue weighted by Crippen LogP contribution is 2.73. The first-order chi connectivity index (χ1) is 23.6. The zero-order valence-corrected chi connectivity index (χ0v) is 28.4. The first kappa shape index (κ1) is 34.4. The quantitative estimate of drug-likeness (QED) is 0.215. The van der Waals surface area contributed by atoms with Crippen molar-refractivity contribution in [1.29, 1.82) is 0 Å². The number of carbonyl (C=O) groups excluding carboxylic acids is 6. The van der Waals surface area contributed by atoms with E-state index >= 15 is 0 Å². The van der Waals surface area contributed by atoms with Crippen molar-refractivity contribution in [3.05, 3.63) is 24.2 Å². The largest absolute Gasteiger partial charge is 0.472 e. The number of furan rings is 1. The molecule has 0 N–H and O–H groups in total. The smallest absolute Gasteiger partial charge is 0.342 e. The Bertz CT molecular complexity index is 1590. The summed E-state index contributed by atoms with van der Waals surface area (Å²) >= 11 is 0. The number of epoxide rings is 1. The first-order valence-corrected chi connectivity index (χ1v) is 16.7. The summed E-state index contributed by atoms with van der Waals surface area (Å²) in [7, 11) is 0. The number of fused-ring (bicyclic) bond motifs is 2. The molecule has 50 heavy (non-hydrogen) atoms. The second-order valence-corrected chi connectivity index (χ2v) is 14.5. The van der Waals surface area contributed by atoms with Crippen LogP contribution in [-0.2, 0) is 71.4 Å². The summed E-state index contributed by atoms with van der Waals surface area (Å²) in [5, 5.41) is 0. The van der Waals surface area contributed by atoms with Gasteiger partial charge in [-0.3, -0.25) is 24.0 Å². The van der Waals surface area contributed by atoms with Gasteiger partial charge in [0.05, 0.1) is 18.4 Å². The van der Waals surface area contributed by atoms with Gasteiger partial charge in [-0.05, 0) is 30.7 Å². The average molecular weight is 705 g/mol. The molecule has 1 aromatic rings. The normalized spacial score (nSPS) is 43.9. The van der Waals surface area contributed by atoms with Crippen molar-refractivity contribution in [2.75, 3.05) is 6.61 Å². The molecule has 2 saturated carbocycles. The lowest BCUT2D eigenvalue weighted by Gasteiger charge is -2.67. The molecule has 0 radical (unpaired) electrons. The number of hydrogen-bond donors (Lipinski definition) is 0. The van der Waals surface area contributed by atoms with Gasteiger partial charge in [0.1, 0.15) is 37.1 Å². The predicted molar refractivity (Wildman–Crippen MR) is 159 cm³/mol. The summed E-state index contributed by atoms with van der Waals surface area (Å²) in [6, 6.07) is 1.74. The van der Waals surface area contributed by atoms with Crippen molar-refractivity contribution in [3.63, 3.8) is 0 Å². The van der Waals surface area contributed by atoms with Gasteiger partial charge >= 0.3 is 35.8 Å². The molecule has 6 heterocycles. The molecule has 272 valence electrons. The van der Waals surface area contributed by atoms with Crippen LogP contribution in [0.15, 0.2) is 23.0 Å². The minimum atomic E-state index is -1.86. The zero-order valence-electron chi connectivity index (χ0n) is 28.4. The monoisotopic (exact) mass is 704 g/mol. The number of hydrogen-bond acceptors (Lipinski definition) is 16. The van der Waals surface area contributed by atoms with Gasteiger partial charge < -0.3 is 47.0 Å². The maximum absolute atomic E-state index is 14.3. The molecule has 5 aliphatic heterocycles. The standard InChI is InChI=1S/C34H40O16/c1-14(35)42-13-21-22(43-15(2)36)23(44-16(3)37)26(45-17(4)38)30(47-21)50-34-28-25(48-28)24(49-31(34)40)27-32(5)11-20(18-8-10-41-12-18)46-29(39)19(32)7-9-33(27,34)6/h8,10,12,19-28,30H,7,9,11,13H2,1-6H3/t19-,20-,21+,22+,23-,24+,25-,26+,27-,28-,30-,32+,33+,34-/m0/s1. The van der Waals surface area contributed by atoms with Crippen molar-refractivity contribution in [3.8, 4) is 0 Å². The summed E-state index contributed by atoms with van der Waals surface area (Å²) in [5.41, 5.74) is -2.95. The maximum Gasteiger partial charge on any atom is 0.342 e. The Morgan fingerprint density at radius 2 is 1.54 bits per heavy atom. The van der Waals surface area contributed by atoms with Crippen molar-refractivity contribution < 1.29 is 75.8 Å². The fourth-order valence-corrected chi connectivity index (χ4v) is 9.62. The molecule has 2 aliphatic carbocycles. The third-order valence-corrected chi connectivity index (χ3v) is 11.5. The predicted octanol–water partition coefficient (Wildman–Crippen LogP) is 1.85. The lowest BCUT2D eigenvalue weighted by molar-refractivity contribution is -0.366. The van der Waals surface area contributed by atoms with E-state index in [2.05, 4.69) is 0 Å². The number of rotatable bonds is 8. The van der Waals surface area contributed by atoms with Crippen LogP contribution in [0.3, 0.4) is 0 Å². The molecular weight excluding hydrogens is 664 g/mol. The number of carbonyl (C=O) groups is 6. The van der Waals surface area contributed by atoms with E-state index in [9.17, 15) is 28.8 Å². The van der Waals surface area contributed by atoms with Crippen LogP contribution in [0.2, 0.25) is 0 Å². The summed E-state index contributed by atoms with van der Waals surface area (Å²) in [5.74, 6) is -5.16. The Morgan fingerprint density at radius 1 is 0.860 bits per heavy atom.